The van der Waals surface area contributed by atoms with Gasteiger partial charge in [0.1, 0.15) is 11.5 Å². The summed E-state index contributed by atoms with van der Waals surface area (Å²) < 4.78 is 17.9. The molecule has 0 aliphatic rings. The Morgan fingerprint density at radius 1 is 0.509 bits per heavy atom. The minimum atomic E-state index is 0.704. The first-order chi connectivity index (χ1) is 26.1. The summed E-state index contributed by atoms with van der Waals surface area (Å²) in [6.45, 7) is 1.45. The minimum Gasteiger partial charge on any atom is -0.497 e. The molecule has 258 valence electrons. The number of nitrogens with zero attached hydrogens (tertiary/aromatic N) is 2. The predicted octanol–water partition coefficient (Wildman–Crippen LogP) is 12.5. The van der Waals surface area contributed by atoms with E-state index in [2.05, 4.69) is 196 Å². The maximum atomic E-state index is 5.90. The van der Waals surface area contributed by atoms with E-state index >= 15 is 0 Å². The molecule has 0 atom stereocenters. The smallest absolute Gasteiger partial charge is 0.119 e. The topological polar surface area (TPSA) is 28.3 Å². The molecule has 9 rings (SSSR count). The van der Waals surface area contributed by atoms with Gasteiger partial charge in [-0.05, 0) is 81.2 Å². The summed E-state index contributed by atoms with van der Waals surface area (Å²) in [6.07, 6.45) is 2.36. The lowest BCUT2D eigenvalue weighted by molar-refractivity contribution is 0.415. The number of ether oxygens (including phenoxy) is 2. The van der Waals surface area contributed by atoms with Crippen LogP contribution in [0, 0.1) is 3.57 Å². The third-order valence-corrected chi connectivity index (χ3v) is 11.4. The average Bonchev–Trinajstić information content (AvgIpc) is 3.72. The van der Waals surface area contributed by atoms with Crippen LogP contribution in [0.4, 0.5) is 0 Å². The number of hydrogen-bond acceptors (Lipinski definition) is 2. The number of methoxy groups -OCH3 is 2. The van der Waals surface area contributed by atoms with E-state index < -0.39 is 0 Å². The van der Waals surface area contributed by atoms with Crippen LogP contribution in [0.25, 0.3) is 66.1 Å². The summed E-state index contributed by atoms with van der Waals surface area (Å²) in [4.78, 5) is 0. The molecule has 0 fully saturated rings. The van der Waals surface area contributed by atoms with E-state index in [-0.39, 0.29) is 0 Å². The molecular formula is C48H37IN2O2. The van der Waals surface area contributed by atoms with Crippen LogP contribution in [0.5, 0.6) is 11.5 Å². The van der Waals surface area contributed by atoms with Crippen molar-refractivity contribution in [2.24, 2.45) is 0 Å². The van der Waals surface area contributed by atoms with E-state index in [0.717, 1.165) is 34.5 Å². The van der Waals surface area contributed by atoms with Gasteiger partial charge in [0, 0.05) is 72.3 Å². The van der Waals surface area contributed by atoms with Gasteiger partial charge in [0.25, 0.3) is 0 Å². The summed E-state index contributed by atoms with van der Waals surface area (Å²) in [5.41, 5.74) is 13.2. The first kappa shape index (κ1) is 33.1. The lowest BCUT2D eigenvalue weighted by atomic mass is 9.87. The molecule has 0 spiro atoms. The third kappa shape index (κ3) is 5.85. The zero-order valence-corrected chi connectivity index (χ0v) is 31.7. The molecule has 0 radical (unpaired) electrons. The molecule has 0 bridgehead atoms. The highest BCUT2D eigenvalue weighted by Crippen LogP contribution is 2.52. The second-order valence-electron chi connectivity index (χ2n) is 13.4. The Morgan fingerprint density at radius 2 is 1.02 bits per heavy atom. The highest BCUT2D eigenvalue weighted by molar-refractivity contribution is 14.1. The minimum absolute atomic E-state index is 0.704. The Kier molecular flexibility index (Phi) is 8.72. The van der Waals surface area contributed by atoms with Crippen LogP contribution < -0.4 is 9.47 Å². The summed E-state index contributed by atoms with van der Waals surface area (Å²) >= 11 is 2.62. The van der Waals surface area contributed by atoms with Gasteiger partial charge < -0.3 is 18.6 Å². The zero-order chi connectivity index (χ0) is 35.9. The molecule has 9 aromatic rings. The monoisotopic (exact) mass is 800 g/mol. The Bertz CT molecular complexity index is 2740. The second-order valence-corrected chi connectivity index (χ2v) is 14.5. The van der Waals surface area contributed by atoms with Gasteiger partial charge in [-0.15, -0.1) is 0 Å². The fraction of sp³-hybridized carbons (Fsp3) is 0.0833. The fourth-order valence-electron chi connectivity index (χ4n) is 7.89. The Hall–Kier alpha value is -5.79. The zero-order valence-electron chi connectivity index (χ0n) is 29.6. The molecule has 0 unspecified atom stereocenters. The molecule has 0 N–H and O–H groups in total. The van der Waals surface area contributed by atoms with E-state index in [1.807, 2.05) is 0 Å². The Balaban J connectivity index is 1.51. The first-order valence-electron chi connectivity index (χ1n) is 17.8. The molecule has 2 heterocycles. The van der Waals surface area contributed by atoms with E-state index in [4.69, 9.17) is 9.47 Å². The Labute approximate surface area is 323 Å². The number of benzene rings is 7. The van der Waals surface area contributed by atoms with Gasteiger partial charge in [-0.2, -0.15) is 0 Å². The van der Waals surface area contributed by atoms with Gasteiger partial charge >= 0.3 is 0 Å². The van der Waals surface area contributed by atoms with Crippen molar-refractivity contribution in [3.05, 3.63) is 179 Å². The molecule has 2 aromatic heterocycles. The van der Waals surface area contributed by atoms with Gasteiger partial charge in [-0.1, -0.05) is 121 Å². The SMILES string of the molecule is COc1ccc2c(c1)c(-c1c(-c3ccccc3)c(I)c(-c3ccccc3)c3c4cc(OC)ccc4n(Cc4ccccc4)c13)cn2Cc1ccccc1. The van der Waals surface area contributed by atoms with Crippen LogP contribution in [0.2, 0.25) is 0 Å². The maximum Gasteiger partial charge on any atom is 0.119 e. The highest BCUT2D eigenvalue weighted by Gasteiger charge is 2.29. The summed E-state index contributed by atoms with van der Waals surface area (Å²) in [6, 6.07) is 56.2. The number of rotatable bonds is 9. The molecule has 53 heavy (non-hydrogen) atoms. The van der Waals surface area contributed by atoms with Crippen molar-refractivity contribution >= 4 is 55.3 Å². The number of aromatic nitrogens is 2. The predicted molar refractivity (Wildman–Crippen MR) is 228 cm³/mol. The standard InChI is InChI=1S/C48H37IN2O2/c1-52-36-23-25-41-38(27-36)40(31-50(41)29-32-15-7-3-8-16-32)46-44(35-21-13-6-14-22-35)47(49)43(34-19-11-5-12-20-34)45-39-28-37(53-2)24-26-42(39)51(48(45)46)30-33-17-9-4-10-18-33/h3-28,31H,29-30H2,1-2H3. The molecule has 7 aromatic carbocycles. The summed E-state index contributed by atoms with van der Waals surface area (Å²) in [5.74, 6) is 1.67. The highest BCUT2D eigenvalue weighted by atomic mass is 127. The van der Waals surface area contributed by atoms with E-state index in [1.54, 1.807) is 14.2 Å². The van der Waals surface area contributed by atoms with Crippen molar-refractivity contribution in [3.8, 4) is 44.9 Å². The van der Waals surface area contributed by atoms with Crippen LogP contribution in [0.1, 0.15) is 11.1 Å². The van der Waals surface area contributed by atoms with E-state index in [0.29, 0.717) is 6.54 Å². The van der Waals surface area contributed by atoms with Gasteiger partial charge in [0.15, 0.2) is 0 Å². The van der Waals surface area contributed by atoms with Crippen LogP contribution in [0.3, 0.4) is 0 Å². The van der Waals surface area contributed by atoms with Crippen molar-refractivity contribution < 1.29 is 9.47 Å². The molecule has 0 aliphatic carbocycles. The van der Waals surface area contributed by atoms with Crippen molar-refractivity contribution in [1.82, 2.24) is 9.13 Å². The normalized spacial score (nSPS) is 11.5. The van der Waals surface area contributed by atoms with Crippen molar-refractivity contribution in [2.75, 3.05) is 14.2 Å². The first-order valence-corrected chi connectivity index (χ1v) is 18.9. The van der Waals surface area contributed by atoms with Crippen LogP contribution in [-0.2, 0) is 13.1 Å². The maximum absolute atomic E-state index is 5.90. The van der Waals surface area contributed by atoms with Gasteiger partial charge in [0.2, 0.25) is 0 Å². The van der Waals surface area contributed by atoms with Crippen LogP contribution >= 0.6 is 22.6 Å². The second kappa shape index (κ2) is 14.0. The van der Waals surface area contributed by atoms with Gasteiger partial charge in [-0.25, -0.2) is 0 Å². The molecule has 4 nitrogen and oxygen atoms in total. The van der Waals surface area contributed by atoms with Crippen molar-refractivity contribution in [2.45, 2.75) is 13.1 Å². The van der Waals surface area contributed by atoms with E-state index in [9.17, 15) is 0 Å². The van der Waals surface area contributed by atoms with Crippen molar-refractivity contribution in [3.63, 3.8) is 0 Å². The van der Waals surface area contributed by atoms with Gasteiger partial charge in [-0.3, -0.25) is 0 Å². The largest absolute Gasteiger partial charge is 0.497 e. The fourth-order valence-corrected chi connectivity index (χ4v) is 9.06. The lowest BCUT2D eigenvalue weighted by Crippen LogP contribution is -2.03. The molecule has 0 aliphatic heterocycles. The van der Waals surface area contributed by atoms with Crippen LogP contribution in [-0.4, -0.2) is 23.4 Å². The quantitative estimate of drug-likeness (QED) is 0.136. The lowest BCUT2D eigenvalue weighted by Gasteiger charge is -2.21. The summed E-state index contributed by atoms with van der Waals surface area (Å²) in [7, 11) is 3.50. The Morgan fingerprint density at radius 3 is 1.60 bits per heavy atom. The number of hydrogen-bond donors (Lipinski definition) is 0. The van der Waals surface area contributed by atoms with Gasteiger partial charge in [0.05, 0.1) is 19.7 Å². The summed E-state index contributed by atoms with van der Waals surface area (Å²) in [5, 5.41) is 3.53. The molecule has 0 amide bonds. The average molecular weight is 801 g/mol. The van der Waals surface area contributed by atoms with E-state index in [1.165, 1.54) is 64.4 Å². The van der Waals surface area contributed by atoms with Crippen molar-refractivity contribution in [1.29, 1.82) is 0 Å². The number of halogens is 1. The molecule has 0 saturated heterocycles. The number of fused-ring (bicyclic) bond motifs is 4. The molecule has 0 saturated carbocycles. The molecule has 5 heteroatoms. The third-order valence-electron chi connectivity index (χ3n) is 10.3. The van der Waals surface area contributed by atoms with Crippen LogP contribution in [0.15, 0.2) is 164 Å². The molecular weight excluding hydrogens is 763 g/mol.